The number of hydrogen-bond donors (Lipinski definition) is 0. The maximum absolute atomic E-state index is 11.6. The molecule has 17 heavy (non-hydrogen) atoms. The van der Waals surface area contributed by atoms with Gasteiger partial charge in [0.2, 0.25) is 0 Å². The van der Waals surface area contributed by atoms with Gasteiger partial charge in [0.25, 0.3) is 5.69 Å². The number of non-ortho nitro benzene ring substituents is 1. The van der Waals surface area contributed by atoms with Gasteiger partial charge in [0.05, 0.1) is 17.1 Å². The average Bonchev–Trinajstić information content (AvgIpc) is 3.12. The predicted molar refractivity (Wildman–Crippen MR) is 57.7 cm³/mol. The van der Waals surface area contributed by atoms with Crippen LogP contribution >= 0.6 is 0 Å². The number of hydrogen-bond acceptors (Lipinski definition) is 5. The molecule has 2 rings (SSSR count). The molecule has 1 aliphatic heterocycles. The van der Waals surface area contributed by atoms with Gasteiger partial charge >= 0.3 is 5.97 Å². The Kier molecular flexibility index (Phi) is 3.06. The Balaban J connectivity index is 2.00. The number of ether oxygens (including phenoxy) is 2. The monoisotopic (exact) mass is 237 g/mol. The third-order valence-electron chi connectivity index (χ3n) is 2.49. The first kappa shape index (κ1) is 11.5. The van der Waals surface area contributed by atoms with E-state index >= 15 is 0 Å². The highest BCUT2D eigenvalue weighted by molar-refractivity contribution is 5.89. The smallest absolute Gasteiger partial charge is 0.338 e. The van der Waals surface area contributed by atoms with Gasteiger partial charge in [-0.1, -0.05) is 0 Å². The van der Waals surface area contributed by atoms with E-state index in [-0.39, 0.29) is 17.9 Å². The fourth-order valence-electron chi connectivity index (χ4n) is 1.36. The first-order valence-corrected chi connectivity index (χ1v) is 5.15. The van der Waals surface area contributed by atoms with Crippen LogP contribution in [0, 0.1) is 10.1 Å². The van der Waals surface area contributed by atoms with Gasteiger partial charge in [-0.05, 0) is 19.1 Å². The van der Waals surface area contributed by atoms with E-state index in [4.69, 9.17) is 9.47 Å². The summed E-state index contributed by atoms with van der Waals surface area (Å²) in [7, 11) is 0. The molecular formula is C11H11NO5. The summed E-state index contributed by atoms with van der Waals surface area (Å²) in [5.41, 5.74) is 0.239. The molecule has 0 radical (unpaired) electrons. The summed E-state index contributed by atoms with van der Waals surface area (Å²) in [6.45, 7) is 2.36. The molecule has 1 aromatic carbocycles. The summed E-state index contributed by atoms with van der Waals surface area (Å²) in [6.07, 6.45) is -0.310. The largest absolute Gasteiger partial charge is 0.456 e. The van der Waals surface area contributed by atoms with E-state index in [1.54, 1.807) is 6.92 Å². The summed E-state index contributed by atoms with van der Waals surface area (Å²) in [4.78, 5) is 21.5. The number of nitro groups is 1. The van der Waals surface area contributed by atoms with Gasteiger partial charge in [0.15, 0.2) is 0 Å². The highest BCUT2D eigenvalue weighted by Crippen LogP contribution is 2.19. The van der Waals surface area contributed by atoms with Crippen molar-refractivity contribution in [1.29, 1.82) is 0 Å². The standard InChI is InChI=1S/C11H11NO5/c1-7(10-6-16-10)17-11(13)8-2-4-9(5-3-8)12(14)15/h2-5,7,10H,6H2,1H3/t7-,10-/m0/s1. The third-order valence-corrected chi connectivity index (χ3v) is 2.49. The zero-order chi connectivity index (χ0) is 12.4. The Hall–Kier alpha value is -1.95. The fraction of sp³-hybridized carbons (Fsp3) is 0.364. The minimum atomic E-state index is -0.518. The lowest BCUT2D eigenvalue weighted by Crippen LogP contribution is -2.20. The van der Waals surface area contributed by atoms with Crippen LogP contribution in [0.5, 0.6) is 0 Å². The number of carbonyl (C=O) groups is 1. The van der Waals surface area contributed by atoms with Crippen LogP contribution in [0.2, 0.25) is 0 Å². The SMILES string of the molecule is C[C@H](OC(=O)c1ccc([N+](=O)[O-])cc1)[C@@H]1CO1. The molecule has 6 heteroatoms. The molecule has 6 nitrogen and oxygen atoms in total. The van der Waals surface area contributed by atoms with Gasteiger partial charge in [-0.3, -0.25) is 10.1 Å². The lowest BCUT2D eigenvalue weighted by atomic mass is 10.2. The van der Waals surface area contributed by atoms with Gasteiger partial charge in [-0.25, -0.2) is 4.79 Å². The van der Waals surface area contributed by atoms with Gasteiger partial charge in [-0.2, -0.15) is 0 Å². The number of carbonyl (C=O) groups excluding carboxylic acids is 1. The molecule has 90 valence electrons. The summed E-state index contributed by atoms with van der Waals surface area (Å²) < 4.78 is 10.1. The number of benzene rings is 1. The number of nitrogens with zero attached hydrogens (tertiary/aromatic N) is 1. The number of rotatable bonds is 4. The van der Waals surface area contributed by atoms with Crippen molar-refractivity contribution in [2.45, 2.75) is 19.1 Å². The molecule has 2 atom stereocenters. The van der Waals surface area contributed by atoms with Crippen LogP contribution in [0.3, 0.4) is 0 Å². The van der Waals surface area contributed by atoms with Crippen LogP contribution in [-0.4, -0.2) is 29.7 Å². The van der Waals surface area contributed by atoms with Crippen molar-refractivity contribution >= 4 is 11.7 Å². The molecule has 0 aliphatic carbocycles. The molecule has 1 saturated heterocycles. The third kappa shape index (κ3) is 2.79. The van der Waals surface area contributed by atoms with Crippen LogP contribution in [-0.2, 0) is 9.47 Å². The van der Waals surface area contributed by atoms with E-state index in [2.05, 4.69) is 0 Å². The van der Waals surface area contributed by atoms with Gasteiger partial charge in [0.1, 0.15) is 12.2 Å². The van der Waals surface area contributed by atoms with Gasteiger partial charge < -0.3 is 9.47 Å². The summed E-state index contributed by atoms with van der Waals surface area (Å²) in [6, 6.07) is 5.30. The Morgan fingerprint density at radius 3 is 2.59 bits per heavy atom. The van der Waals surface area contributed by atoms with Crippen molar-refractivity contribution in [3.05, 3.63) is 39.9 Å². The van der Waals surface area contributed by atoms with Crippen molar-refractivity contribution in [2.75, 3.05) is 6.61 Å². The highest BCUT2D eigenvalue weighted by Gasteiger charge is 2.32. The average molecular weight is 237 g/mol. The van der Waals surface area contributed by atoms with Crippen molar-refractivity contribution in [1.82, 2.24) is 0 Å². The second-order valence-electron chi connectivity index (χ2n) is 3.79. The zero-order valence-electron chi connectivity index (χ0n) is 9.16. The molecule has 1 heterocycles. The first-order valence-electron chi connectivity index (χ1n) is 5.15. The van der Waals surface area contributed by atoms with Crippen molar-refractivity contribution < 1.29 is 19.2 Å². The minimum absolute atomic E-state index is 0.0167. The maximum Gasteiger partial charge on any atom is 0.338 e. The van der Waals surface area contributed by atoms with Crippen LogP contribution in [0.25, 0.3) is 0 Å². The van der Waals surface area contributed by atoms with Crippen LogP contribution in [0.15, 0.2) is 24.3 Å². The molecule has 0 amide bonds. The fourth-order valence-corrected chi connectivity index (χ4v) is 1.36. The molecule has 0 unspecified atom stereocenters. The summed E-state index contributed by atoms with van der Waals surface area (Å²) in [5.74, 6) is -0.497. The Labute approximate surface area is 97.3 Å². The molecule has 0 saturated carbocycles. The Morgan fingerprint density at radius 2 is 2.12 bits per heavy atom. The molecule has 0 aromatic heterocycles. The number of nitro benzene ring substituents is 1. The lowest BCUT2D eigenvalue weighted by Gasteiger charge is -2.10. The normalized spacial score (nSPS) is 19.5. The topological polar surface area (TPSA) is 82.0 Å². The van der Waals surface area contributed by atoms with E-state index in [9.17, 15) is 14.9 Å². The van der Waals surface area contributed by atoms with Crippen molar-refractivity contribution in [3.8, 4) is 0 Å². The molecule has 0 spiro atoms. The van der Waals surface area contributed by atoms with E-state index < -0.39 is 10.9 Å². The first-order chi connectivity index (χ1) is 8.08. The lowest BCUT2D eigenvalue weighted by molar-refractivity contribution is -0.384. The molecule has 1 fully saturated rings. The maximum atomic E-state index is 11.6. The van der Waals surface area contributed by atoms with Crippen molar-refractivity contribution in [2.24, 2.45) is 0 Å². The van der Waals surface area contributed by atoms with Crippen molar-refractivity contribution in [3.63, 3.8) is 0 Å². The molecule has 0 bridgehead atoms. The quantitative estimate of drug-likeness (QED) is 0.343. The van der Waals surface area contributed by atoms with Crippen LogP contribution in [0.4, 0.5) is 5.69 Å². The molecule has 0 N–H and O–H groups in total. The van der Waals surface area contributed by atoms with Crippen LogP contribution < -0.4 is 0 Å². The second-order valence-corrected chi connectivity index (χ2v) is 3.79. The van der Waals surface area contributed by atoms with Crippen LogP contribution in [0.1, 0.15) is 17.3 Å². The Morgan fingerprint density at radius 1 is 1.53 bits per heavy atom. The molecule has 1 aromatic rings. The summed E-state index contributed by atoms with van der Waals surface area (Å²) in [5, 5.41) is 10.4. The predicted octanol–water partition coefficient (Wildman–Crippen LogP) is 1.54. The number of esters is 1. The molecule has 1 aliphatic rings. The highest BCUT2D eigenvalue weighted by atomic mass is 16.6. The van der Waals surface area contributed by atoms with E-state index in [1.807, 2.05) is 0 Å². The van der Waals surface area contributed by atoms with E-state index in [0.29, 0.717) is 12.2 Å². The van der Waals surface area contributed by atoms with E-state index in [1.165, 1.54) is 24.3 Å². The summed E-state index contributed by atoms with van der Waals surface area (Å²) >= 11 is 0. The zero-order valence-corrected chi connectivity index (χ0v) is 9.16. The molecular weight excluding hydrogens is 226 g/mol. The number of epoxide rings is 1. The van der Waals surface area contributed by atoms with Gasteiger partial charge in [0, 0.05) is 12.1 Å². The Bertz CT molecular complexity index is 438. The minimum Gasteiger partial charge on any atom is -0.456 e. The second kappa shape index (κ2) is 4.50. The van der Waals surface area contributed by atoms with Gasteiger partial charge in [-0.15, -0.1) is 0 Å². The van der Waals surface area contributed by atoms with E-state index in [0.717, 1.165) is 0 Å².